The van der Waals surface area contributed by atoms with Crippen LogP contribution in [-0.2, 0) is 4.79 Å². The van der Waals surface area contributed by atoms with Crippen LogP contribution in [0.3, 0.4) is 0 Å². The number of carbonyl (C=O) groups is 1. The summed E-state index contributed by atoms with van der Waals surface area (Å²) in [6.07, 6.45) is 6.28. The van der Waals surface area contributed by atoms with Crippen LogP contribution >= 0.6 is 0 Å². The molecule has 150 valence electrons. The normalized spacial score (nSPS) is 15.3. The lowest BCUT2D eigenvalue weighted by Crippen LogP contribution is -2.29. The first kappa shape index (κ1) is 19.3. The highest BCUT2D eigenvalue weighted by molar-refractivity contribution is 5.76. The summed E-state index contributed by atoms with van der Waals surface area (Å²) in [6.45, 7) is 0. The zero-order valence-electron chi connectivity index (χ0n) is 16.2. The van der Waals surface area contributed by atoms with E-state index in [-0.39, 0.29) is 17.6 Å². The molecule has 1 aliphatic carbocycles. The van der Waals surface area contributed by atoms with E-state index in [0.717, 1.165) is 12.0 Å². The average molecular weight is 393 g/mol. The molecule has 3 aromatic rings. The lowest BCUT2D eigenvalue weighted by Gasteiger charge is -2.16. The molecular weight excluding hydrogens is 369 g/mol. The topological polar surface area (TPSA) is 68.0 Å². The SMILES string of the molecule is O=C(CCC1CCCC1)N[C@H](c1ccc(F)cc1)c1nnc(-c2ccccc2)o1. The Bertz CT molecular complexity index is 934. The summed E-state index contributed by atoms with van der Waals surface area (Å²) in [5.74, 6) is 0.900. The van der Waals surface area contributed by atoms with Gasteiger partial charge in [0.1, 0.15) is 11.9 Å². The number of nitrogens with zero attached hydrogens (tertiary/aromatic N) is 2. The summed E-state index contributed by atoms with van der Waals surface area (Å²) >= 11 is 0. The Morgan fingerprint density at radius 3 is 2.52 bits per heavy atom. The summed E-state index contributed by atoms with van der Waals surface area (Å²) in [6, 6.07) is 14.8. The van der Waals surface area contributed by atoms with Crippen LogP contribution in [0.1, 0.15) is 56.0 Å². The minimum absolute atomic E-state index is 0.0642. The highest BCUT2D eigenvalue weighted by atomic mass is 19.1. The molecule has 1 atom stereocenters. The number of nitrogens with one attached hydrogen (secondary N) is 1. The molecule has 1 aliphatic rings. The molecule has 2 aromatic carbocycles. The Morgan fingerprint density at radius 1 is 1.07 bits per heavy atom. The quantitative estimate of drug-likeness (QED) is 0.610. The molecule has 1 saturated carbocycles. The van der Waals surface area contributed by atoms with Gasteiger partial charge in [-0.3, -0.25) is 4.79 Å². The van der Waals surface area contributed by atoms with Crippen molar-refractivity contribution < 1.29 is 13.6 Å². The largest absolute Gasteiger partial charge is 0.418 e. The second-order valence-electron chi connectivity index (χ2n) is 7.55. The molecule has 0 spiro atoms. The lowest BCUT2D eigenvalue weighted by atomic mass is 10.0. The standard InChI is InChI=1S/C23H24FN3O2/c24-19-13-11-17(12-14-19)21(25-20(28)15-10-16-6-4-5-7-16)23-27-26-22(29-23)18-8-2-1-3-9-18/h1-3,8-9,11-14,16,21H,4-7,10,15H2,(H,25,28)/t21-/m1/s1. The molecule has 5 nitrogen and oxygen atoms in total. The van der Waals surface area contributed by atoms with Crippen LogP contribution in [0.4, 0.5) is 4.39 Å². The minimum Gasteiger partial charge on any atom is -0.418 e. The second kappa shape index (κ2) is 8.99. The first-order valence-electron chi connectivity index (χ1n) is 10.1. The van der Waals surface area contributed by atoms with Crippen LogP contribution in [0.25, 0.3) is 11.5 Å². The summed E-state index contributed by atoms with van der Waals surface area (Å²) in [5.41, 5.74) is 1.50. The molecule has 1 aromatic heterocycles. The van der Waals surface area contributed by atoms with E-state index in [4.69, 9.17) is 4.42 Å². The molecule has 0 radical (unpaired) electrons. The van der Waals surface area contributed by atoms with Gasteiger partial charge in [-0.1, -0.05) is 56.0 Å². The van der Waals surface area contributed by atoms with Crippen molar-refractivity contribution in [3.63, 3.8) is 0 Å². The van der Waals surface area contributed by atoms with Gasteiger partial charge in [0.15, 0.2) is 0 Å². The van der Waals surface area contributed by atoms with Crippen LogP contribution < -0.4 is 5.32 Å². The molecule has 0 saturated heterocycles. The lowest BCUT2D eigenvalue weighted by molar-refractivity contribution is -0.122. The maximum Gasteiger partial charge on any atom is 0.247 e. The van der Waals surface area contributed by atoms with Crippen molar-refractivity contribution >= 4 is 5.91 Å². The molecule has 1 N–H and O–H groups in total. The Hall–Kier alpha value is -3.02. The summed E-state index contributed by atoms with van der Waals surface area (Å²) in [5, 5.41) is 11.3. The van der Waals surface area contributed by atoms with E-state index in [0.29, 0.717) is 23.8 Å². The van der Waals surface area contributed by atoms with Crippen LogP contribution in [0, 0.1) is 11.7 Å². The van der Waals surface area contributed by atoms with E-state index in [1.807, 2.05) is 30.3 Å². The number of amides is 1. The molecule has 0 unspecified atom stereocenters. The number of rotatable bonds is 7. The molecule has 29 heavy (non-hydrogen) atoms. The van der Waals surface area contributed by atoms with Crippen LogP contribution in [0.2, 0.25) is 0 Å². The van der Waals surface area contributed by atoms with E-state index in [1.165, 1.54) is 37.8 Å². The zero-order chi connectivity index (χ0) is 20.1. The van der Waals surface area contributed by atoms with Crippen molar-refractivity contribution in [2.75, 3.05) is 0 Å². The third kappa shape index (κ3) is 4.88. The van der Waals surface area contributed by atoms with Crippen molar-refractivity contribution in [2.45, 2.75) is 44.6 Å². The fourth-order valence-corrected chi connectivity index (χ4v) is 3.86. The van der Waals surface area contributed by atoms with E-state index < -0.39 is 6.04 Å². The monoisotopic (exact) mass is 393 g/mol. The highest BCUT2D eigenvalue weighted by Gasteiger charge is 2.24. The van der Waals surface area contributed by atoms with Crippen molar-refractivity contribution in [3.8, 4) is 11.5 Å². The molecule has 1 heterocycles. The molecule has 0 aliphatic heterocycles. The van der Waals surface area contributed by atoms with E-state index in [1.54, 1.807) is 12.1 Å². The average Bonchev–Trinajstić information content (AvgIpc) is 3.44. The minimum atomic E-state index is -0.614. The molecule has 1 fully saturated rings. The van der Waals surface area contributed by atoms with Crippen molar-refractivity contribution in [1.29, 1.82) is 0 Å². The van der Waals surface area contributed by atoms with Gasteiger partial charge in [-0.2, -0.15) is 0 Å². The maximum atomic E-state index is 13.4. The predicted molar refractivity (Wildman–Crippen MR) is 107 cm³/mol. The molecular formula is C23H24FN3O2. The van der Waals surface area contributed by atoms with Crippen LogP contribution in [0.5, 0.6) is 0 Å². The fraction of sp³-hybridized carbons (Fsp3) is 0.348. The second-order valence-corrected chi connectivity index (χ2v) is 7.55. The first-order valence-corrected chi connectivity index (χ1v) is 10.1. The number of hydrogen-bond acceptors (Lipinski definition) is 4. The third-order valence-corrected chi connectivity index (χ3v) is 5.47. The summed E-state index contributed by atoms with van der Waals surface area (Å²) < 4.78 is 19.3. The number of benzene rings is 2. The van der Waals surface area contributed by atoms with Gasteiger partial charge in [-0.05, 0) is 42.2 Å². The Labute approximate surface area is 169 Å². The van der Waals surface area contributed by atoms with Crippen molar-refractivity contribution in [3.05, 3.63) is 71.9 Å². The third-order valence-electron chi connectivity index (χ3n) is 5.47. The summed E-state index contributed by atoms with van der Waals surface area (Å²) in [4.78, 5) is 12.6. The van der Waals surface area contributed by atoms with Gasteiger partial charge in [0, 0.05) is 12.0 Å². The Balaban J connectivity index is 1.53. The maximum absolute atomic E-state index is 13.4. The fourth-order valence-electron chi connectivity index (χ4n) is 3.86. The van der Waals surface area contributed by atoms with Gasteiger partial charge in [0.2, 0.25) is 17.7 Å². The first-order chi connectivity index (χ1) is 14.2. The van der Waals surface area contributed by atoms with Crippen LogP contribution in [0.15, 0.2) is 59.0 Å². The van der Waals surface area contributed by atoms with E-state index in [9.17, 15) is 9.18 Å². The number of carbonyl (C=O) groups excluding carboxylic acids is 1. The van der Waals surface area contributed by atoms with Gasteiger partial charge in [-0.15, -0.1) is 10.2 Å². The molecule has 4 rings (SSSR count). The van der Waals surface area contributed by atoms with Gasteiger partial charge in [0.05, 0.1) is 0 Å². The van der Waals surface area contributed by atoms with Crippen molar-refractivity contribution in [2.24, 2.45) is 5.92 Å². The Kier molecular flexibility index (Phi) is 5.98. The zero-order valence-corrected chi connectivity index (χ0v) is 16.2. The number of aromatic nitrogens is 2. The number of halogens is 1. The van der Waals surface area contributed by atoms with E-state index >= 15 is 0 Å². The van der Waals surface area contributed by atoms with Gasteiger partial charge in [0.25, 0.3) is 0 Å². The van der Waals surface area contributed by atoms with Gasteiger partial charge >= 0.3 is 0 Å². The predicted octanol–water partition coefficient (Wildman–Crippen LogP) is 5.05. The van der Waals surface area contributed by atoms with E-state index in [2.05, 4.69) is 15.5 Å². The number of hydrogen-bond donors (Lipinski definition) is 1. The molecule has 1 amide bonds. The molecule has 0 bridgehead atoms. The van der Waals surface area contributed by atoms with Gasteiger partial charge in [-0.25, -0.2) is 4.39 Å². The highest BCUT2D eigenvalue weighted by Crippen LogP contribution is 2.29. The van der Waals surface area contributed by atoms with Crippen LogP contribution in [-0.4, -0.2) is 16.1 Å². The van der Waals surface area contributed by atoms with Crippen molar-refractivity contribution in [1.82, 2.24) is 15.5 Å². The van der Waals surface area contributed by atoms with Gasteiger partial charge < -0.3 is 9.73 Å². The molecule has 6 heteroatoms. The summed E-state index contributed by atoms with van der Waals surface area (Å²) in [7, 11) is 0. The Morgan fingerprint density at radius 2 is 1.79 bits per heavy atom. The smallest absolute Gasteiger partial charge is 0.247 e.